The maximum atomic E-state index is 12.2. The SMILES string of the molecule is COC(=O)Cn1c(C(=O)OC)c(C(=O)OC)c(C(=O)OC)c1C(=O)OC. The summed E-state index contributed by atoms with van der Waals surface area (Å²) in [5, 5.41) is 0. The Kier molecular flexibility index (Phi) is 6.88. The number of methoxy groups -OCH3 is 5. The summed E-state index contributed by atoms with van der Waals surface area (Å²) in [7, 11) is 5.09. The van der Waals surface area contributed by atoms with Gasteiger partial charge >= 0.3 is 29.8 Å². The van der Waals surface area contributed by atoms with Gasteiger partial charge in [0.2, 0.25) is 0 Å². The van der Waals surface area contributed by atoms with Gasteiger partial charge in [-0.1, -0.05) is 0 Å². The summed E-state index contributed by atoms with van der Waals surface area (Å²) >= 11 is 0. The average molecular weight is 371 g/mol. The average Bonchev–Trinajstić information content (AvgIpc) is 2.99. The van der Waals surface area contributed by atoms with E-state index in [1.807, 2.05) is 0 Å². The van der Waals surface area contributed by atoms with Crippen LogP contribution in [0.25, 0.3) is 0 Å². The minimum atomic E-state index is -1.13. The second kappa shape index (κ2) is 8.65. The third kappa shape index (κ3) is 3.66. The molecule has 0 radical (unpaired) electrons. The summed E-state index contributed by atoms with van der Waals surface area (Å²) in [6, 6.07) is 0. The molecule has 0 N–H and O–H groups in total. The van der Waals surface area contributed by atoms with E-state index < -0.39 is 58.9 Å². The molecule has 0 aliphatic carbocycles. The molecule has 11 heteroatoms. The van der Waals surface area contributed by atoms with Crippen LogP contribution in [0, 0.1) is 0 Å². The third-order valence-electron chi connectivity index (χ3n) is 3.31. The smallest absolute Gasteiger partial charge is 0.355 e. The Bertz CT molecular complexity index is 707. The number of ether oxygens (including phenoxy) is 5. The fourth-order valence-electron chi connectivity index (χ4n) is 2.19. The van der Waals surface area contributed by atoms with E-state index in [1.54, 1.807) is 0 Å². The Morgan fingerprint density at radius 1 is 0.615 bits per heavy atom. The first-order chi connectivity index (χ1) is 12.3. The van der Waals surface area contributed by atoms with Crippen LogP contribution in [0.4, 0.5) is 0 Å². The Morgan fingerprint density at radius 3 is 1.23 bits per heavy atom. The number of aromatic nitrogens is 1. The third-order valence-corrected chi connectivity index (χ3v) is 3.31. The van der Waals surface area contributed by atoms with Crippen molar-refractivity contribution in [1.29, 1.82) is 0 Å². The number of esters is 5. The van der Waals surface area contributed by atoms with Crippen molar-refractivity contribution in [2.24, 2.45) is 0 Å². The minimum Gasteiger partial charge on any atom is -0.468 e. The fraction of sp³-hybridized carbons (Fsp3) is 0.400. The first-order valence-corrected chi connectivity index (χ1v) is 6.95. The van der Waals surface area contributed by atoms with E-state index in [-0.39, 0.29) is 0 Å². The van der Waals surface area contributed by atoms with Crippen LogP contribution in [0.5, 0.6) is 0 Å². The quantitative estimate of drug-likeness (QED) is 0.488. The molecule has 0 aliphatic heterocycles. The number of hydrogen-bond donors (Lipinski definition) is 0. The molecule has 1 heterocycles. The van der Waals surface area contributed by atoms with Gasteiger partial charge in [0.25, 0.3) is 0 Å². The van der Waals surface area contributed by atoms with Crippen molar-refractivity contribution in [2.45, 2.75) is 6.54 Å². The van der Waals surface area contributed by atoms with Gasteiger partial charge in [0.1, 0.15) is 29.1 Å². The van der Waals surface area contributed by atoms with E-state index in [9.17, 15) is 24.0 Å². The molecule has 142 valence electrons. The second-order valence-electron chi connectivity index (χ2n) is 4.58. The van der Waals surface area contributed by atoms with Gasteiger partial charge in [-0.05, 0) is 0 Å². The van der Waals surface area contributed by atoms with Crippen LogP contribution in [-0.2, 0) is 35.0 Å². The van der Waals surface area contributed by atoms with Crippen molar-refractivity contribution in [3.8, 4) is 0 Å². The maximum absolute atomic E-state index is 12.2. The summed E-state index contributed by atoms with van der Waals surface area (Å²) in [5.41, 5.74) is -2.33. The van der Waals surface area contributed by atoms with Crippen molar-refractivity contribution in [2.75, 3.05) is 35.5 Å². The molecule has 0 bridgehead atoms. The molecule has 0 unspecified atom stereocenters. The van der Waals surface area contributed by atoms with Crippen LogP contribution in [0.15, 0.2) is 0 Å². The van der Waals surface area contributed by atoms with E-state index in [0.29, 0.717) is 0 Å². The van der Waals surface area contributed by atoms with E-state index in [4.69, 9.17) is 0 Å². The monoisotopic (exact) mass is 371 g/mol. The van der Waals surface area contributed by atoms with Crippen LogP contribution in [0.2, 0.25) is 0 Å². The lowest BCUT2D eigenvalue weighted by Gasteiger charge is -2.10. The highest BCUT2D eigenvalue weighted by Crippen LogP contribution is 2.27. The number of carbonyl (C=O) groups excluding carboxylic acids is 5. The highest BCUT2D eigenvalue weighted by molar-refractivity contribution is 6.15. The second-order valence-corrected chi connectivity index (χ2v) is 4.58. The number of rotatable bonds is 6. The van der Waals surface area contributed by atoms with Crippen LogP contribution < -0.4 is 0 Å². The standard InChI is InChI=1S/C15H17NO10/c1-22-7(17)6-16-10(14(20)25-4)8(12(18)23-2)9(13(19)24-3)11(16)15(21)26-5/h6H2,1-5H3. The molecule has 0 saturated heterocycles. The van der Waals surface area contributed by atoms with Crippen LogP contribution >= 0.6 is 0 Å². The molecule has 0 atom stereocenters. The molecule has 1 aromatic rings. The molecule has 26 heavy (non-hydrogen) atoms. The molecule has 1 rings (SSSR count). The predicted molar refractivity (Wildman–Crippen MR) is 81.8 cm³/mol. The zero-order chi connectivity index (χ0) is 20.0. The number of carbonyl (C=O) groups is 5. The molecule has 0 saturated carbocycles. The molecule has 0 fully saturated rings. The van der Waals surface area contributed by atoms with Crippen molar-refractivity contribution in [1.82, 2.24) is 4.57 Å². The Hall–Kier alpha value is -3.37. The molecule has 0 aromatic carbocycles. The Morgan fingerprint density at radius 2 is 0.962 bits per heavy atom. The van der Waals surface area contributed by atoms with Gasteiger partial charge in [0, 0.05) is 0 Å². The summed E-state index contributed by atoms with van der Waals surface area (Å²) in [6.07, 6.45) is 0. The first kappa shape index (κ1) is 20.7. The van der Waals surface area contributed by atoms with Crippen LogP contribution in [0.1, 0.15) is 41.7 Å². The molecule has 0 spiro atoms. The Balaban J connectivity index is 4.05. The molecular weight excluding hydrogens is 354 g/mol. The molecule has 11 nitrogen and oxygen atoms in total. The minimum absolute atomic E-state index is 0.564. The highest BCUT2D eigenvalue weighted by Gasteiger charge is 2.39. The topological polar surface area (TPSA) is 136 Å². The van der Waals surface area contributed by atoms with Gasteiger partial charge < -0.3 is 28.3 Å². The fourth-order valence-corrected chi connectivity index (χ4v) is 2.19. The van der Waals surface area contributed by atoms with Crippen LogP contribution in [0.3, 0.4) is 0 Å². The summed E-state index contributed by atoms with van der Waals surface area (Å²) in [6.45, 7) is -0.688. The van der Waals surface area contributed by atoms with Crippen LogP contribution in [-0.4, -0.2) is 70.0 Å². The lowest BCUT2D eigenvalue weighted by molar-refractivity contribution is -0.141. The van der Waals surface area contributed by atoms with Crippen molar-refractivity contribution >= 4 is 29.8 Å². The van der Waals surface area contributed by atoms with Crippen molar-refractivity contribution < 1.29 is 47.7 Å². The van der Waals surface area contributed by atoms with E-state index in [0.717, 1.165) is 40.1 Å². The Labute approximate surface area is 147 Å². The summed E-state index contributed by atoms with van der Waals surface area (Å²) in [5.74, 6) is -5.33. The zero-order valence-corrected chi connectivity index (χ0v) is 14.7. The highest BCUT2D eigenvalue weighted by atomic mass is 16.5. The van der Waals surface area contributed by atoms with Crippen molar-refractivity contribution in [3.05, 3.63) is 22.5 Å². The number of hydrogen-bond acceptors (Lipinski definition) is 10. The summed E-state index contributed by atoms with van der Waals surface area (Å²) < 4.78 is 23.7. The molecule has 1 aromatic heterocycles. The predicted octanol–water partition coefficient (Wildman–Crippen LogP) is -0.193. The van der Waals surface area contributed by atoms with E-state index in [1.165, 1.54) is 0 Å². The van der Waals surface area contributed by atoms with Gasteiger partial charge in [0.05, 0.1) is 35.5 Å². The lowest BCUT2D eigenvalue weighted by Crippen LogP contribution is -2.23. The van der Waals surface area contributed by atoms with Gasteiger partial charge in [-0.15, -0.1) is 0 Å². The van der Waals surface area contributed by atoms with Gasteiger partial charge in [-0.3, -0.25) is 4.79 Å². The van der Waals surface area contributed by atoms with Gasteiger partial charge in [0.15, 0.2) is 0 Å². The zero-order valence-electron chi connectivity index (χ0n) is 14.7. The summed E-state index contributed by atoms with van der Waals surface area (Å²) in [4.78, 5) is 60.6. The normalized spacial score (nSPS) is 9.88. The van der Waals surface area contributed by atoms with E-state index >= 15 is 0 Å². The van der Waals surface area contributed by atoms with Crippen molar-refractivity contribution in [3.63, 3.8) is 0 Å². The van der Waals surface area contributed by atoms with E-state index in [2.05, 4.69) is 23.7 Å². The number of nitrogens with zero attached hydrogens (tertiary/aromatic N) is 1. The van der Waals surface area contributed by atoms with Gasteiger partial charge in [-0.25, -0.2) is 19.2 Å². The molecule has 0 aliphatic rings. The lowest BCUT2D eigenvalue weighted by atomic mass is 10.1. The maximum Gasteiger partial charge on any atom is 0.355 e. The largest absolute Gasteiger partial charge is 0.468 e. The van der Waals surface area contributed by atoms with Gasteiger partial charge in [-0.2, -0.15) is 0 Å². The molecule has 0 amide bonds. The molecular formula is C15H17NO10. The first-order valence-electron chi connectivity index (χ1n) is 6.95.